The van der Waals surface area contributed by atoms with Crippen LogP contribution >= 0.6 is 0 Å². The van der Waals surface area contributed by atoms with Crippen LogP contribution in [0.4, 0.5) is 0 Å². The van der Waals surface area contributed by atoms with Crippen molar-refractivity contribution in [2.24, 2.45) is 0 Å². The van der Waals surface area contributed by atoms with Gasteiger partial charge in [-0.15, -0.1) is 0 Å². The molecule has 0 saturated carbocycles. The van der Waals surface area contributed by atoms with Gasteiger partial charge in [0.2, 0.25) is 0 Å². The fourth-order valence-corrected chi connectivity index (χ4v) is 8.00. The molecule has 9 heteroatoms. The van der Waals surface area contributed by atoms with Crippen LogP contribution in [0.15, 0.2) is 158 Å². The number of hydrogen-bond donors (Lipinski definition) is 1. The van der Waals surface area contributed by atoms with Crippen molar-refractivity contribution in [3.8, 4) is 0 Å². The summed E-state index contributed by atoms with van der Waals surface area (Å²) in [5, 5.41) is 9.73. The van der Waals surface area contributed by atoms with E-state index in [9.17, 15) is 19.5 Å². The molecule has 1 N–H and O–H groups in total. The molecule has 0 aliphatic carbocycles. The largest absolute Gasteiger partial charge is 0.477 e. The van der Waals surface area contributed by atoms with Gasteiger partial charge in [-0.05, 0) is 122 Å². The Morgan fingerprint density at radius 3 is 0.988 bits per heavy atom. The molecule has 2 atom stereocenters. The molecule has 9 nitrogen and oxygen atoms in total. The number of esters is 2. The quantitative estimate of drug-likeness (QED) is 0.0211. The first-order valence-electron chi connectivity index (χ1n) is 31.6. The minimum absolute atomic E-state index is 0.174. The van der Waals surface area contributed by atoms with Gasteiger partial charge < -0.3 is 28.5 Å². The van der Waals surface area contributed by atoms with E-state index in [1.54, 1.807) is 0 Å². The average molecular weight is 1120 g/mol. The van der Waals surface area contributed by atoms with Gasteiger partial charge in [0.05, 0.1) is 34.4 Å². The van der Waals surface area contributed by atoms with E-state index < -0.39 is 24.3 Å². The van der Waals surface area contributed by atoms with Crippen molar-refractivity contribution in [3.63, 3.8) is 0 Å². The summed E-state index contributed by atoms with van der Waals surface area (Å²) in [5.41, 5.74) is 0. The summed E-state index contributed by atoms with van der Waals surface area (Å²) in [7, 11) is 5.95. The number of rotatable bonds is 56. The van der Waals surface area contributed by atoms with Crippen LogP contribution in [0.25, 0.3) is 0 Å². The number of hydrogen-bond acceptors (Lipinski definition) is 7. The van der Waals surface area contributed by atoms with Gasteiger partial charge in [0, 0.05) is 12.8 Å². The standard InChI is InChI=1S/C72H115NO8/c1-6-8-10-12-14-16-18-20-22-24-26-28-30-31-32-33-34-35-36-37-38-39-41-43-45-47-49-51-53-55-57-59-61-63-70(75)81-68(67-80-72(71(76)77)78-65-64-73(3,4)5)66-79-69(74)62-60-58-56-54-52-50-48-46-44-42-40-29-27-25-23-21-19-17-15-13-11-9-7-2/h8-11,14-17,20-23,26-29,31-32,34-35,37-38,41,43,47,49,68,72H,6-7,12-13,18-19,24-25,30,33,36,39-40,42,44-46,48,50-67H2,1-5H3/p+1/b10-8-,11-9-,16-14-,17-15-,22-20-,23-21-,28-26-,29-27-,32-31-,35-34-,38-37-,43-41-,49-47-. The minimum Gasteiger partial charge on any atom is -0.477 e. The van der Waals surface area contributed by atoms with Gasteiger partial charge in [-0.25, -0.2) is 4.79 Å². The molecule has 0 saturated heterocycles. The highest BCUT2D eigenvalue weighted by atomic mass is 16.7. The fourth-order valence-electron chi connectivity index (χ4n) is 8.00. The number of unbranched alkanes of at least 4 members (excludes halogenated alkanes) is 15. The highest BCUT2D eigenvalue weighted by molar-refractivity contribution is 5.71. The van der Waals surface area contributed by atoms with Crippen molar-refractivity contribution in [2.75, 3.05) is 47.5 Å². The molecule has 0 spiro atoms. The lowest BCUT2D eigenvalue weighted by molar-refractivity contribution is -0.870. The second-order valence-corrected chi connectivity index (χ2v) is 21.6. The zero-order valence-electron chi connectivity index (χ0n) is 51.9. The summed E-state index contributed by atoms with van der Waals surface area (Å²) in [6, 6.07) is 0. The molecule has 0 aromatic rings. The lowest BCUT2D eigenvalue weighted by Crippen LogP contribution is -2.40. The number of carbonyl (C=O) groups is 3. The third-order valence-electron chi connectivity index (χ3n) is 12.8. The van der Waals surface area contributed by atoms with Gasteiger partial charge in [-0.1, -0.05) is 242 Å². The summed E-state index contributed by atoms with van der Waals surface area (Å²) in [5.74, 6) is -2.06. The van der Waals surface area contributed by atoms with E-state index in [-0.39, 0.29) is 38.6 Å². The van der Waals surface area contributed by atoms with Crippen LogP contribution in [0.5, 0.6) is 0 Å². The molecule has 0 amide bonds. The summed E-state index contributed by atoms with van der Waals surface area (Å²) >= 11 is 0. The number of aliphatic carboxylic acids is 1. The van der Waals surface area contributed by atoms with E-state index in [4.69, 9.17) is 18.9 Å². The van der Waals surface area contributed by atoms with Crippen LogP contribution < -0.4 is 0 Å². The maximum absolute atomic E-state index is 12.9. The highest BCUT2D eigenvalue weighted by Crippen LogP contribution is 2.14. The molecule has 456 valence electrons. The van der Waals surface area contributed by atoms with Crippen LogP contribution in [-0.4, -0.2) is 87.4 Å². The van der Waals surface area contributed by atoms with Gasteiger partial charge in [-0.2, -0.15) is 0 Å². The predicted molar refractivity (Wildman–Crippen MR) is 345 cm³/mol. The Kier molecular flexibility index (Phi) is 57.2. The van der Waals surface area contributed by atoms with Crippen LogP contribution in [-0.2, 0) is 33.3 Å². The Bertz CT molecular complexity index is 1880. The zero-order valence-corrected chi connectivity index (χ0v) is 51.9. The molecule has 0 aromatic carbocycles. The maximum atomic E-state index is 12.9. The fraction of sp³-hybridized carbons (Fsp3) is 0.597. The number of allylic oxidation sites excluding steroid dienone is 26. The number of carboxylic acids is 1. The van der Waals surface area contributed by atoms with E-state index >= 15 is 0 Å². The molecule has 0 rings (SSSR count). The number of nitrogens with zero attached hydrogens (tertiary/aromatic N) is 1. The Hall–Kier alpha value is -5.09. The van der Waals surface area contributed by atoms with E-state index in [2.05, 4.69) is 172 Å². The molecule has 0 aliphatic heterocycles. The SMILES string of the molecule is CC/C=C\C/C=C\C/C=C\C/C=C\C/C=C\C/C=C\C/C=C\C/C=C\C/C=C\CCCCCCCC(=O)OC(COC(=O)CCCCCCCCCCCC/C=C\C/C=C\C/C=C\C/C=C\CC)COC(OCC[N+](C)(C)C)C(=O)O. The average Bonchev–Trinajstić information content (AvgIpc) is 3.44. The number of quaternary nitrogens is 1. The van der Waals surface area contributed by atoms with Crippen LogP contribution in [0.1, 0.15) is 219 Å². The van der Waals surface area contributed by atoms with E-state index in [1.165, 1.54) is 38.5 Å². The second kappa shape index (κ2) is 61.0. The summed E-state index contributed by atoms with van der Waals surface area (Å²) in [6.45, 7) is 4.60. The third-order valence-corrected chi connectivity index (χ3v) is 12.8. The first-order valence-corrected chi connectivity index (χ1v) is 31.6. The third kappa shape index (κ3) is 62.4. The second-order valence-electron chi connectivity index (χ2n) is 21.6. The number of ether oxygens (including phenoxy) is 4. The molecule has 0 aliphatic rings. The zero-order chi connectivity index (χ0) is 59.1. The molecular weight excluding hydrogens is 1010 g/mol. The minimum atomic E-state index is -1.53. The van der Waals surface area contributed by atoms with Crippen molar-refractivity contribution < 1.29 is 42.9 Å². The van der Waals surface area contributed by atoms with Crippen molar-refractivity contribution in [1.29, 1.82) is 0 Å². The van der Waals surface area contributed by atoms with Gasteiger partial charge in [0.1, 0.15) is 13.2 Å². The van der Waals surface area contributed by atoms with Crippen LogP contribution in [0.2, 0.25) is 0 Å². The number of carboxylic acid groups (broad SMARTS) is 1. The Labute approximate surface area is 495 Å². The van der Waals surface area contributed by atoms with E-state index in [0.29, 0.717) is 17.4 Å². The number of carbonyl (C=O) groups excluding carboxylic acids is 2. The smallest absolute Gasteiger partial charge is 0.361 e. The molecule has 0 fully saturated rings. The van der Waals surface area contributed by atoms with Crippen molar-refractivity contribution in [1.82, 2.24) is 0 Å². The summed E-state index contributed by atoms with van der Waals surface area (Å²) in [6.07, 6.45) is 87.5. The molecule has 0 radical (unpaired) electrons. The molecular formula is C72H116NO8+. The summed E-state index contributed by atoms with van der Waals surface area (Å²) < 4.78 is 22.9. The Balaban J connectivity index is 4.30. The monoisotopic (exact) mass is 1120 g/mol. The molecule has 0 bridgehead atoms. The molecule has 0 aromatic heterocycles. The highest BCUT2D eigenvalue weighted by Gasteiger charge is 2.25. The van der Waals surface area contributed by atoms with Crippen molar-refractivity contribution in [2.45, 2.75) is 232 Å². The molecule has 2 unspecified atom stereocenters. The van der Waals surface area contributed by atoms with Crippen molar-refractivity contribution >= 4 is 17.9 Å². The van der Waals surface area contributed by atoms with E-state index in [1.807, 2.05) is 21.1 Å². The number of likely N-dealkylation sites (N-methyl/N-ethyl adjacent to an activating group) is 1. The van der Waals surface area contributed by atoms with Gasteiger partial charge >= 0.3 is 17.9 Å². The predicted octanol–water partition coefficient (Wildman–Crippen LogP) is 19.3. The van der Waals surface area contributed by atoms with Crippen molar-refractivity contribution in [3.05, 3.63) is 158 Å². The Morgan fingerprint density at radius 1 is 0.370 bits per heavy atom. The molecule has 81 heavy (non-hydrogen) atoms. The van der Waals surface area contributed by atoms with E-state index in [0.717, 1.165) is 148 Å². The van der Waals surface area contributed by atoms with Gasteiger partial charge in [-0.3, -0.25) is 9.59 Å². The topological polar surface area (TPSA) is 108 Å². The first-order chi connectivity index (χ1) is 39.6. The van der Waals surface area contributed by atoms with Crippen LogP contribution in [0, 0.1) is 0 Å². The summed E-state index contributed by atoms with van der Waals surface area (Å²) in [4.78, 5) is 37.5. The van der Waals surface area contributed by atoms with Gasteiger partial charge in [0.15, 0.2) is 6.10 Å². The Morgan fingerprint density at radius 2 is 0.667 bits per heavy atom. The molecule has 0 heterocycles. The lowest BCUT2D eigenvalue weighted by Gasteiger charge is -2.25. The van der Waals surface area contributed by atoms with Gasteiger partial charge in [0.25, 0.3) is 6.29 Å². The lowest BCUT2D eigenvalue weighted by atomic mass is 10.1. The normalized spacial score (nSPS) is 13.8. The maximum Gasteiger partial charge on any atom is 0.361 e. The first kappa shape index (κ1) is 75.9. The van der Waals surface area contributed by atoms with Crippen LogP contribution in [0.3, 0.4) is 0 Å².